The topological polar surface area (TPSA) is 42.2 Å². The van der Waals surface area contributed by atoms with Crippen LogP contribution in [0, 0.1) is 6.92 Å². The first-order valence-electron chi connectivity index (χ1n) is 5.02. The number of amidine groups is 1. The zero-order valence-corrected chi connectivity index (χ0v) is 8.75. The lowest BCUT2D eigenvalue weighted by Gasteiger charge is -2.04. The molecule has 0 unspecified atom stereocenters. The second-order valence-electron chi connectivity index (χ2n) is 3.66. The van der Waals surface area contributed by atoms with Crippen LogP contribution < -0.4 is 5.32 Å². The Morgan fingerprint density at radius 2 is 2.43 bits per heavy atom. The Labute approximate surface area is 84.0 Å². The number of hydrogen-bond donors (Lipinski definition) is 1. The molecule has 14 heavy (non-hydrogen) atoms. The summed E-state index contributed by atoms with van der Waals surface area (Å²) in [6.45, 7) is 3.91. The summed E-state index contributed by atoms with van der Waals surface area (Å²) in [7, 11) is 1.96. The van der Waals surface area contributed by atoms with Crippen molar-refractivity contribution < 1.29 is 0 Å². The van der Waals surface area contributed by atoms with Gasteiger partial charge < -0.3 is 5.32 Å². The number of hydrogen-bond acceptors (Lipinski definition) is 3. The molecular formula is C10H16N4. The Morgan fingerprint density at radius 3 is 3.00 bits per heavy atom. The summed E-state index contributed by atoms with van der Waals surface area (Å²) >= 11 is 0. The van der Waals surface area contributed by atoms with Crippen molar-refractivity contribution in [3.63, 3.8) is 0 Å². The normalized spacial score (nSPS) is 15.7. The van der Waals surface area contributed by atoms with Crippen molar-refractivity contribution in [3.05, 3.63) is 17.5 Å². The van der Waals surface area contributed by atoms with Crippen LogP contribution in [0.15, 0.2) is 11.2 Å². The Kier molecular flexibility index (Phi) is 2.52. The molecule has 0 saturated carbocycles. The molecule has 0 amide bonds. The third-order valence-electron chi connectivity index (χ3n) is 2.69. The number of aromatic nitrogens is 2. The molecular weight excluding hydrogens is 176 g/mol. The highest BCUT2D eigenvalue weighted by atomic mass is 15.3. The fourth-order valence-corrected chi connectivity index (χ4v) is 1.60. The fourth-order valence-electron chi connectivity index (χ4n) is 1.60. The van der Waals surface area contributed by atoms with Crippen molar-refractivity contribution in [2.24, 2.45) is 12.0 Å². The van der Waals surface area contributed by atoms with Gasteiger partial charge in [0.15, 0.2) is 0 Å². The maximum Gasteiger partial charge on any atom is 0.0966 e. The first kappa shape index (κ1) is 9.24. The number of rotatable bonds is 2. The lowest BCUT2D eigenvalue weighted by molar-refractivity contribution is 0.736. The van der Waals surface area contributed by atoms with E-state index in [-0.39, 0.29) is 0 Å². The van der Waals surface area contributed by atoms with Crippen LogP contribution in [-0.2, 0) is 13.6 Å². The van der Waals surface area contributed by atoms with E-state index in [0.717, 1.165) is 25.3 Å². The van der Waals surface area contributed by atoms with Crippen LogP contribution >= 0.6 is 0 Å². The SMILES string of the molecule is Cc1c(CNC2=NCCC2)cnn1C. The van der Waals surface area contributed by atoms with Gasteiger partial charge in [0.05, 0.1) is 12.0 Å². The highest BCUT2D eigenvalue weighted by Crippen LogP contribution is 2.06. The summed E-state index contributed by atoms with van der Waals surface area (Å²) in [5.74, 6) is 1.15. The number of nitrogens with zero attached hydrogens (tertiary/aromatic N) is 3. The van der Waals surface area contributed by atoms with Crippen LogP contribution in [0.25, 0.3) is 0 Å². The van der Waals surface area contributed by atoms with E-state index in [1.807, 2.05) is 17.9 Å². The zero-order valence-electron chi connectivity index (χ0n) is 8.75. The van der Waals surface area contributed by atoms with E-state index in [1.165, 1.54) is 17.7 Å². The van der Waals surface area contributed by atoms with Gasteiger partial charge in [0.2, 0.25) is 0 Å². The molecule has 0 aliphatic carbocycles. The first-order valence-corrected chi connectivity index (χ1v) is 5.02. The average molecular weight is 192 g/mol. The molecule has 0 fully saturated rings. The van der Waals surface area contributed by atoms with Gasteiger partial charge in [-0.15, -0.1) is 0 Å². The average Bonchev–Trinajstić information content (AvgIpc) is 2.77. The molecule has 0 radical (unpaired) electrons. The predicted octanol–water partition coefficient (Wildman–Crippen LogP) is 1.01. The molecule has 4 heteroatoms. The minimum absolute atomic E-state index is 0.846. The van der Waals surface area contributed by atoms with Crippen molar-refractivity contribution in [3.8, 4) is 0 Å². The molecule has 0 atom stereocenters. The summed E-state index contributed by atoms with van der Waals surface area (Å²) in [6, 6.07) is 0. The number of aryl methyl sites for hydroxylation is 1. The minimum Gasteiger partial charge on any atom is -0.370 e. The zero-order chi connectivity index (χ0) is 9.97. The number of aliphatic imine (C=N–C) groups is 1. The molecule has 1 aliphatic rings. The first-order chi connectivity index (χ1) is 6.77. The molecule has 0 saturated heterocycles. The lowest BCUT2D eigenvalue weighted by Crippen LogP contribution is -2.20. The van der Waals surface area contributed by atoms with Gasteiger partial charge >= 0.3 is 0 Å². The van der Waals surface area contributed by atoms with E-state index in [2.05, 4.69) is 22.3 Å². The Hall–Kier alpha value is -1.32. The summed E-state index contributed by atoms with van der Waals surface area (Å²) in [4.78, 5) is 4.37. The van der Waals surface area contributed by atoms with E-state index < -0.39 is 0 Å². The molecule has 1 aromatic rings. The molecule has 4 nitrogen and oxygen atoms in total. The van der Waals surface area contributed by atoms with Gasteiger partial charge in [0, 0.05) is 37.8 Å². The van der Waals surface area contributed by atoms with Crippen molar-refractivity contribution in [2.75, 3.05) is 6.54 Å². The standard InChI is InChI=1S/C10H16N4/c1-8-9(7-13-14(8)2)6-12-10-4-3-5-11-10/h7H,3-6H2,1-2H3,(H,11,12). The quantitative estimate of drug-likeness (QED) is 0.760. The van der Waals surface area contributed by atoms with Crippen molar-refractivity contribution in [2.45, 2.75) is 26.3 Å². The molecule has 76 valence electrons. The smallest absolute Gasteiger partial charge is 0.0966 e. The van der Waals surface area contributed by atoms with Gasteiger partial charge in [-0.1, -0.05) is 0 Å². The molecule has 1 aliphatic heterocycles. The molecule has 0 spiro atoms. The van der Waals surface area contributed by atoms with Crippen molar-refractivity contribution in [1.82, 2.24) is 15.1 Å². The predicted molar refractivity (Wildman–Crippen MR) is 56.3 cm³/mol. The van der Waals surface area contributed by atoms with Gasteiger partial charge in [-0.05, 0) is 13.3 Å². The summed E-state index contributed by atoms with van der Waals surface area (Å²) in [6.07, 6.45) is 4.20. The van der Waals surface area contributed by atoms with Gasteiger partial charge in [-0.2, -0.15) is 5.10 Å². The maximum atomic E-state index is 4.37. The van der Waals surface area contributed by atoms with E-state index in [0.29, 0.717) is 0 Å². The van der Waals surface area contributed by atoms with Gasteiger partial charge in [0.25, 0.3) is 0 Å². The molecule has 2 rings (SSSR count). The summed E-state index contributed by atoms with van der Waals surface area (Å²) < 4.78 is 1.90. The van der Waals surface area contributed by atoms with Crippen LogP contribution in [0.1, 0.15) is 24.1 Å². The molecule has 0 bridgehead atoms. The Balaban J connectivity index is 1.94. The number of nitrogens with one attached hydrogen (secondary N) is 1. The second-order valence-corrected chi connectivity index (χ2v) is 3.66. The highest BCUT2D eigenvalue weighted by molar-refractivity contribution is 5.83. The van der Waals surface area contributed by atoms with E-state index in [1.54, 1.807) is 0 Å². The molecule has 1 aromatic heterocycles. The van der Waals surface area contributed by atoms with Crippen LogP contribution in [0.3, 0.4) is 0 Å². The molecule has 2 heterocycles. The van der Waals surface area contributed by atoms with E-state index in [9.17, 15) is 0 Å². The van der Waals surface area contributed by atoms with Crippen molar-refractivity contribution in [1.29, 1.82) is 0 Å². The molecule has 0 aromatic carbocycles. The minimum atomic E-state index is 0.846. The lowest BCUT2D eigenvalue weighted by atomic mass is 10.2. The van der Waals surface area contributed by atoms with E-state index in [4.69, 9.17) is 0 Å². The van der Waals surface area contributed by atoms with Crippen LogP contribution in [0.4, 0.5) is 0 Å². The largest absolute Gasteiger partial charge is 0.370 e. The van der Waals surface area contributed by atoms with Gasteiger partial charge in [0.1, 0.15) is 0 Å². The highest BCUT2D eigenvalue weighted by Gasteiger charge is 2.07. The van der Waals surface area contributed by atoms with Crippen LogP contribution in [0.2, 0.25) is 0 Å². The maximum absolute atomic E-state index is 4.37. The molecule has 1 N–H and O–H groups in total. The van der Waals surface area contributed by atoms with Crippen LogP contribution in [-0.4, -0.2) is 22.2 Å². The fraction of sp³-hybridized carbons (Fsp3) is 0.600. The van der Waals surface area contributed by atoms with Crippen LogP contribution in [0.5, 0.6) is 0 Å². The summed E-state index contributed by atoms with van der Waals surface area (Å²) in [5, 5.41) is 7.55. The van der Waals surface area contributed by atoms with Gasteiger partial charge in [-0.3, -0.25) is 9.67 Å². The second kappa shape index (κ2) is 3.82. The third-order valence-corrected chi connectivity index (χ3v) is 2.69. The van der Waals surface area contributed by atoms with Crippen molar-refractivity contribution >= 4 is 5.84 Å². The third kappa shape index (κ3) is 1.78. The summed E-state index contributed by atoms with van der Waals surface area (Å²) in [5.41, 5.74) is 2.47. The van der Waals surface area contributed by atoms with E-state index >= 15 is 0 Å². The van der Waals surface area contributed by atoms with Gasteiger partial charge in [-0.25, -0.2) is 0 Å². The Bertz CT molecular complexity index is 351. The Morgan fingerprint density at radius 1 is 1.57 bits per heavy atom. The monoisotopic (exact) mass is 192 g/mol.